The molecule has 0 amide bonds. The van der Waals surface area contributed by atoms with Crippen molar-refractivity contribution in [1.82, 2.24) is 0 Å². The van der Waals surface area contributed by atoms with E-state index in [0.717, 1.165) is 16.2 Å². The maximum Gasteiger partial charge on any atom is 0.193 e. The lowest BCUT2D eigenvalue weighted by Gasteiger charge is -2.12. The fourth-order valence-corrected chi connectivity index (χ4v) is 3.11. The minimum Gasteiger partial charge on any atom is -0.493 e. The molecule has 0 fully saturated rings. The molecular weight excluding hydrogens is 459 g/mol. The minimum absolute atomic E-state index is 0.136. The molecule has 24 heavy (non-hydrogen) atoms. The largest absolute Gasteiger partial charge is 0.493 e. The van der Waals surface area contributed by atoms with E-state index in [9.17, 15) is 4.79 Å². The molecule has 0 bridgehead atoms. The molecule has 2 aromatic carbocycles. The number of alkyl halides is 1. The van der Waals surface area contributed by atoms with Crippen LogP contribution < -0.4 is 10.2 Å². The van der Waals surface area contributed by atoms with Crippen molar-refractivity contribution in [2.24, 2.45) is 0 Å². The van der Waals surface area contributed by atoms with Gasteiger partial charge in [-0.25, -0.2) is 0 Å². The van der Waals surface area contributed by atoms with Crippen molar-refractivity contribution < 1.29 is 9.15 Å². The average molecular weight is 473 g/mol. The molecule has 124 valence electrons. The van der Waals surface area contributed by atoms with Crippen LogP contribution >= 0.6 is 43.5 Å². The molecular formula is C18H13Br2ClO3. The predicted molar refractivity (Wildman–Crippen MR) is 105 cm³/mol. The van der Waals surface area contributed by atoms with Gasteiger partial charge in [-0.1, -0.05) is 49.5 Å². The molecule has 6 heteroatoms. The van der Waals surface area contributed by atoms with E-state index in [-0.39, 0.29) is 5.43 Å². The fraction of sp³-hybridized carbons (Fsp3) is 0.167. The second-order valence-corrected chi connectivity index (χ2v) is 7.24. The van der Waals surface area contributed by atoms with Crippen LogP contribution in [0.15, 0.2) is 56.1 Å². The molecule has 0 atom stereocenters. The summed E-state index contributed by atoms with van der Waals surface area (Å²) in [6.07, 6.45) is 0.874. The molecule has 1 heterocycles. The molecule has 3 aromatic rings. The lowest BCUT2D eigenvalue weighted by Crippen LogP contribution is -2.03. The maximum absolute atomic E-state index is 12.4. The third-order valence-corrected chi connectivity index (χ3v) is 4.80. The molecule has 3 rings (SSSR count). The van der Waals surface area contributed by atoms with Gasteiger partial charge in [0.25, 0.3) is 0 Å². The van der Waals surface area contributed by atoms with Crippen LogP contribution in [-0.2, 0) is 0 Å². The zero-order valence-corrected chi connectivity index (χ0v) is 16.4. The molecule has 0 saturated heterocycles. The summed E-state index contributed by atoms with van der Waals surface area (Å²) < 4.78 is 12.6. The first-order chi connectivity index (χ1) is 11.6. The van der Waals surface area contributed by atoms with Crippen LogP contribution in [0.4, 0.5) is 0 Å². The average Bonchev–Trinajstić information content (AvgIpc) is 2.56. The van der Waals surface area contributed by atoms with Gasteiger partial charge in [-0.15, -0.1) is 0 Å². The van der Waals surface area contributed by atoms with E-state index >= 15 is 0 Å². The third-order valence-electron chi connectivity index (χ3n) is 3.45. The number of rotatable bonds is 5. The van der Waals surface area contributed by atoms with Crippen LogP contribution in [0.25, 0.3) is 22.3 Å². The van der Waals surface area contributed by atoms with E-state index in [1.165, 1.54) is 6.07 Å². The van der Waals surface area contributed by atoms with E-state index in [1.807, 2.05) is 18.2 Å². The lowest BCUT2D eigenvalue weighted by molar-refractivity contribution is 0.319. The number of fused-ring (bicyclic) bond motifs is 1. The third kappa shape index (κ3) is 3.68. The Balaban J connectivity index is 2.13. The molecule has 0 radical (unpaired) electrons. The summed E-state index contributed by atoms with van der Waals surface area (Å²) in [6, 6.07) is 12.2. The molecule has 0 unspecified atom stereocenters. The summed E-state index contributed by atoms with van der Waals surface area (Å²) in [5.41, 5.74) is 0.964. The predicted octanol–water partition coefficient (Wildman–Crippen LogP) is 6.04. The molecule has 0 N–H and O–H groups in total. The van der Waals surface area contributed by atoms with Gasteiger partial charge in [0, 0.05) is 15.9 Å². The second kappa shape index (κ2) is 7.72. The van der Waals surface area contributed by atoms with Gasteiger partial charge in [0.2, 0.25) is 0 Å². The van der Waals surface area contributed by atoms with Crippen LogP contribution in [0, 0.1) is 0 Å². The van der Waals surface area contributed by atoms with E-state index < -0.39 is 0 Å². The fourth-order valence-electron chi connectivity index (χ4n) is 2.33. The summed E-state index contributed by atoms with van der Waals surface area (Å²) >= 11 is 13.0. The first-order valence-corrected chi connectivity index (χ1v) is 9.60. The van der Waals surface area contributed by atoms with Gasteiger partial charge in [-0.05, 0) is 36.8 Å². The molecule has 3 nitrogen and oxygen atoms in total. The highest BCUT2D eigenvalue weighted by atomic mass is 79.9. The van der Waals surface area contributed by atoms with E-state index in [4.69, 9.17) is 20.8 Å². The van der Waals surface area contributed by atoms with Crippen molar-refractivity contribution in [2.75, 3.05) is 11.9 Å². The quantitative estimate of drug-likeness (QED) is 0.336. The molecule has 0 aliphatic carbocycles. The Bertz CT molecular complexity index is 937. The van der Waals surface area contributed by atoms with Gasteiger partial charge in [0.05, 0.1) is 22.6 Å². The van der Waals surface area contributed by atoms with Crippen molar-refractivity contribution in [3.8, 4) is 17.1 Å². The Morgan fingerprint density at radius 2 is 2.00 bits per heavy atom. The van der Waals surface area contributed by atoms with Gasteiger partial charge in [0.1, 0.15) is 11.5 Å². The van der Waals surface area contributed by atoms with E-state index in [1.54, 1.807) is 18.2 Å². The molecule has 0 aliphatic rings. The number of hydrogen-bond acceptors (Lipinski definition) is 3. The Kier molecular flexibility index (Phi) is 5.64. The zero-order valence-electron chi connectivity index (χ0n) is 12.5. The van der Waals surface area contributed by atoms with Crippen molar-refractivity contribution in [1.29, 1.82) is 0 Å². The molecule has 1 aromatic heterocycles. The van der Waals surface area contributed by atoms with Gasteiger partial charge in [-0.2, -0.15) is 0 Å². The summed E-state index contributed by atoms with van der Waals surface area (Å²) in [7, 11) is 0. The highest BCUT2D eigenvalue weighted by Crippen LogP contribution is 2.34. The number of benzene rings is 2. The lowest BCUT2D eigenvalue weighted by atomic mass is 10.1. The monoisotopic (exact) mass is 470 g/mol. The molecule has 0 spiro atoms. The topological polar surface area (TPSA) is 39.4 Å². The standard InChI is InChI=1S/C18H13Br2ClO3/c19-7-2-8-23-16-9-11(20)5-6-13(16)17-10-15(22)12-3-1-4-14(21)18(12)24-17/h1,3-6,9-10H,2,7-8H2. The van der Waals surface area contributed by atoms with Crippen LogP contribution in [0.1, 0.15) is 6.42 Å². The van der Waals surface area contributed by atoms with E-state index in [2.05, 4.69) is 31.9 Å². The maximum atomic E-state index is 12.4. The summed E-state index contributed by atoms with van der Waals surface area (Å²) in [4.78, 5) is 12.4. The number of halogens is 3. The Morgan fingerprint density at radius 1 is 1.17 bits per heavy atom. The summed E-state index contributed by atoms with van der Waals surface area (Å²) in [5.74, 6) is 1.09. The Labute approximate surface area is 160 Å². The van der Waals surface area contributed by atoms with Gasteiger partial charge in [-0.3, -0.25) is 4.79 Å². The minimum atomic E-state index is -0.136. The second-order valence-electron chi connectivity index (χ2n) is 5.12. The first-order valence-electron chi connectivity index (χ1n) is 7.31. The van der Waals surface area contributed by atoms with Crippen molar-refractivity contribution >= 4 is 54.4 Å². The molecule has 0 aliphatic heterocycles. The Hall–Kier alpha value is -1.30. The number of para-hydroxylation sites is 1. The van der Waals surface area contributed by atoms with Crippen LogP contribution in [0.3, 0.4) is 0 Å². The van der Waals surface area contributed by atoms with E-state index in [0.29, 0.717) is 39.7 Å². The van der Waals surface area contributed by atoms with Crippen LogP contribution in [-0.4, -0.2) is 11.9 Å². The van der Waals surface area contributed by atoms with Gasteiger partial charge < -0.3 is 9.15 Å². The molecule has 0 saturated carbocycles. The van der Waals surface area contributed by atoms with Crippen molar-refractivity contribution in [3.63, 3.8) is 0 Å². The summed E-state index contributed by atoms with van der Waals surface area (Å²) in [6.45, 7) is 0.563. The first kappa shape index (κ1) is 17.5. The van der Waals surface area contributed by atoms with Crippen LogP contribution in [0.5, 0.6) is 5.75 Å². The van der Waals surface area contributed by atoms with Crippen LogP contribution in [0.2, 0.25) is 5.02 Å². The Morgan fingerprint density at radius 3 is 2.79 bits per heavy atom. The van der Waals surface area contributed by atoms with Crippen molar-refractivity contribution in [2.45, 2.75) is 6.42 Å². The normalized spacial score (nSPS) is 11.0. The smallest absolute Gasteiger partial charge is 0.193 e. The summed E-state index contributed by atoms with van der Waals surface area (Å²) in [5, 5.41) is 1.73. The highest BCUT2D eigenvalue weighted by molar-refractivity contribution is 9.10. The number of ether oxygens (including phenoxy) is 1. The van der Waals surface area contributed by atoms with Crippen molar-refractivity contribution in [3.05, 3.63) is 62.2 Å². The van der Waals surface area contributed by atoms with Gasteiger partial charge in [0.15, 0.2) is 11.0 Å². The highest BCUT2D eigenvalue weighted by Gasteiger charge is 2.14. The van der Waals surface area contributed by atoms with Gasteiger partial charge >= 0.3 is 0 Å². The number of hydrogen-bond donors (Lipinski definition) is 0. The SMILES string of the molecule is O=c1cc(-c2ccc(Br)cc2OCCCBr)oc2c(Cl)cccc12. The zero-order chi connectivity index (χ0) is 17.1.